The molecule has 4 aromatic rings. The summed E-state index contributed by atoms with van der Waals surface area (Å²) >= 11 is 0. The van der Waals surface area contributed by atoms with Crippen LogP contribution in [0.25, 0.3) is 27.6 Å². The minimum atomic E-state index is -0.290. The number of nitrogens with zero attached hydrogens (tertiary/aromatic N) is 1. The van der Waals surface area contributed by atoms with Crippen LogP contribution in [0.4, 0.5) is 0 Å². The van der Waals surface area contributed by atoms with E-state index in [4.69, 9.17) is 15.2 Å². The predicted octanol–water partition coefficient (Wildman–Crippen LogP) is 4.41. The van der Waals surface area contributed by atoms with Gasteiger partial charge in [0.1, 0.15) is 0 Å². The van der Waals surface area contributed by atoms with Crippen LogP contribution < -0.4 is 20.8 Å². The first kappa shape index (κ1) is 17.5. The number of hydrogen-bond acceptors (Lipinski definition) is 4. The predicted molar refractivity (Wildman–Crippen MR) is 114 cm³/mol. The van der Waals surface area contributed by atoms with Crippen LogP contribution in [0, 0.1) is 0 Å². The Bertz CT molecular complexity index is 1280. The van der Waals surface area contributed by atoms with Crippen molar-refractivity contribution in [3.63, 3.8) is 0 Å². The molecule has 1 aromatic heterocycles. The summed E-state index contributed by atoms with van der Waals surface area (Å²) in [5, 5.41) is 1.52. The van der Waals surface area contributed by atoms with E-state index in [1.165, 1.54) is 0 Å². The third-order valence-electron chi connectivity index (χ3n) is 5.24. The van der Waals surface area contributed by atoms with Crippen LogP contribution in [0.2, 0.25) is 0 Å². The summed E-state index contributed by atoms with van der Waals surface area (Å²) in [5.41, 5.74) is 9.48. The van der Waals surface area contributed by atoms with Crippen LogP contribution in [0.1, 0.15) is 18.7 Å². The first-order valence-electron chi connectivity index (χ1n) is 9.53. The molecule has 29 heavy (non-hydrogen) atoms. The Kier molecular flexibility index (Phi) is 4.11. The lowest BCUT2D eigenvalue weighted by molar-refractivity contribution is 0.174. The van der Waals surface area contributed by atoms with Crippen molar-refractivity contribution in [2.45, 2.75) is 13.0 Å². The highest BCUT2D eigenvalue weighted by atomic mass is 16.7. The standard InChI is InChI=1S/C24H20N2O3/c1-15(25)20-12-17-6-5-9-19(16-10-11-21-22(13-16)29-14-28-21)23(17)24(27)26(20)18-7-3-2-4-8-18/h2-13,15H,14,25H2,1H3. The first-order chi connectivity index (χ1) is 14.1. The molecular weight excluding hydrogens is 364 g/mol. The van der Waals surface area contributed by atoms with E-state index in [-0.39, 0.29) is 18.4 Å². The van der Waals surface area contributed by atoms with Crippen LogP contribution >= 0.6 is 0 Å². The van der Waals surface area contributed by atoms with Crippen molar-refractivity contribution in [3.05, 3.63) is 88.8 Å². The summed E-state index contributed by atoms with van der Waals surface area (Å²) in [6.07, 6.45) is 0. The van der Waals surface area contributed by atoms with Crippen molar-refractivity contribution in [2.24, 2.45) is 5.73 Å². The Morgan fingerprint density at radius 1 is 0.931 bits per heavy atom. The molecule has 0 bridgehead atoms. The number of para-hydroxylation sites is 1. The van der Waals surface area contributed by atoms with E-state index in [2.05, 4.69) is 0 Å². The van der Waals surface area contributed by atoms with Crippen LogP contribution in [0.15, 0.2) is 77.6 Å². The zero-order valence-electron chi connectivity index (χ0n) is 16.0. The van der Waals surface area contributed by atoms with Gasteiger partial charge < -0.3 is 15.2 Å². The summed E-state index contributed by atoms with van der Waals surface area (Å²) in [4.78, 5) is 13.7. The molecular formula is C24H20N2O3. The molecule has 3 aromatic carbocycles. The molecule has 1 aliphatic rings. The topological polar surface area (TPSA) is 66.5 Å². The van der Waals surface area contributed by atoms with E-state index in [0.29, 0.717) is 11.1 Å². The third kappa shape index (κ3) is 2.87. The fraction of sp³-hybridized carbons (Fsp3) is 0.125. The minimum absolute atomic E-state index is 0.0886. The highest BCUT2D eigenvalue weighted by molar-refractivity contribution is 5.97. The van der Waals surface area contributed by atoms with Gasteiger partial charge in [-0.15, -0.1) is 0 Å². The molecule has 1 unspecified atom stereocenters. The van der Waals surface area contributed by atoms with Gasteiger partial charge in [0.2, 0.25) is 6.79 Å². The van der Waals surface area contributed by atoms with Gasteiger partial charge >= 0.3 is 0 Å². The second-order valence-electron chi connectivity index (χ2n) is 7.17. The molecule has 0 fully saturated rings. The maximum absolute atomic E-state index is 13.7. The van der Waals surface area contributed by atoms with E-state index in [9.17, 15) is 4.79 Å². The van der Waals surface area contributed by atoms with Crippen molar-refractivity contribution >= 4 is 10.8 Å². The van der Waals surface area contributed by atoms with Gasteiger partial charge in [0.25, 0.3) is 5.56 Å². The van der Waals surface area contributed by atoms with Crippen LogP contribution in [-0.4, -0.2) is 11.4 Å². The molecule has 5 rings (SSSR count). The number of rotatable bonds is 3. The van der Waals surface area contributed by atoms with E-state index >= 15 is 0 Å². The largest absolute Gasteiger partial charge is 0.454 e. The molecule has 2 N–H and O–H groups in total. The van der Waals surface area contributed by atoms with Crippen molar-refractivity contribution in [3.8, 4) is 28.3 Å². The van der Waals surface area contributed by atoms with Gasteiger partial charge in [-0.25, -0.2) is 0 Å². The fourth-order valence-electron chi connectivity index (χ4n) is 3.87. The van der Waals surface area contributed by atoms with Crippen LogP contribution in [-0.2, 0) is 0 Å². The quantitative estimate of drug-likeness (QED) is 0.568. The Morgan fingerprint density at radius 3 is 2.52 bits per heavy atom. The smallest absolute Gasteiger partial charge is 0.263 e. The Hall–Kier alpha value is -3.57. The molecule has 144 valence electrons. The van der Waals surface area contributed by atoms with E-state index in [1.807, 2.05) is 79.7 Å². The molecule has 2 heterocycles. The Balaban J connectivity index is 1.83. The number of benzene rings is 3. The van der Waals surface area contributed by atoms with Gasteiger partial charge in [0.05, 0.1) is 5.39 Å². The average Bonchev–Trinajstić information content (AvgIpc) is 3.21. The molecule has 5 nitrogen and oxygen atoms in total. The van der Waals surface area contributed by atoms with E-state index in [1.54, 1.807) is 4.57 Å². The molecule has 1 aliphatic heterocycles. The summed E-state index contributed by atoms with van der Waals surface area (Å²) in [6, 6.07) is 22.9. The first-order valence-corrected chi connectivity index (χ1v) is 9.53. The molecule has 0 aliphatic carbocycles. The number of aromatic nitrogens is 1. The number of nitrogens with two attached hydrogens (primary N) is 1. The average molecular weight is 384 g/mol. The van der Waals surface area contributed by atoms with Gasteiger partial charge in [-0.3, -0.25) is 9.36 Å². The lowest BCUT2D eigenvalue weighted by Gasteiger charge is -2.18. The minimum Gasteiger partial charge on any atom is -0.454 e. The highest BCUT2D eigenvalue weighted by Gasteiger charge is 2.19. The van der Waals surface area contributed by atoms with Gasteiger partial charge in [-0.05, 0) is 53.8 Å². The van der Waals surface area contributed by atoms with Crippen molar-refractivity contribution in [2.75, 3.05) is 6.79 Å². The third-order valence-corrected chi connectivity index (χ3v) is 5.24. The zero-order chi connectivity index (χ0) is 20.0. The number of hydrogen-bond donors (Lipinski definition) is 1. The summed E-state index contributed by atoms with van der Waals surface area (Å²) in [7, 11) is 0. The van der Waals surface area contributed by atoms with E-state index < -0.39 is 0 Å². The normalized spacial score (nSPS) is 13.6. The molecule has 0 saturated heterocycles. The second-order valence-corrected chi connectivity index (χ2v) is 7.17. The monoisotopic (exact) mass is 384 g/mol. The van der Waals surface area contributed by atoms with Crippen molar-refractivity contribution in [1.82, 2.24) is 4.57 Å². The van der Waals surface area contributed by atoms with Crippen LogP contribution in [0.5, 0.6) is 11.5 Å². The summed E-state index contributed by atoms with van der Waals surface area (Å²) < 4.78 is 12.7. The molecule has 0 amide bonds. The number of fused-ring (bicyclic) bond motifs is 2. The van der Waals surface area contributed by atoms with Crippen molar-refractivity contribution < 1.29 is 9.47 Å². The maximum atomic E-state index is 13.7. The van der Waals surface area contributed by atoms with Crippen LogP contribution in [0.3, 0.4) is 0 Å². The fourth-order valence-corrected chi connectivity index (χ4v) is 3.87. The van der Waals surface area contributed by atoms with E-state index in [0.717, 1.165) is 33.6 Å². The molecule has 0 saturated carbocycles. The van der Waals surface area contributed by atoms with Gasteiger partial charge in [-0.1, -0.05) is 42.5 Å². The van der Waals surface area contributed by atoms with Gasteiger partial charge in [-0.2, -0.15) is 0 Å². The van der Waals surface area contributed by atoms with Gasteiger partial charge in [0, 0.05) is 17.4 Å². The molecule has 5 heteroatoms. The Morgan fingerprint density at radius 2 is 1.72 bits per heavy atom. The van der Waals surface area contributed by atoms with Crippen molar-refractivity contribution in [1.29, 1.82) is 0 Å². The second kappa shape index (κ2) is 6.79. The Labute approximate surface area is 167 Å². The number of pyridine rings is 1. The number of ether oxygens (including phenoxy) is 2. The molecule has 1 atom stereocenters. The highest BCUT2D eigenvalue weighted by Crippen LogP contribution is 2.37. The zero-order valence-corrected chi connectivity index (χ0v) is 16.0. The van der Waals surface area contributed by atoms with Gasteiger partial charge in [0.15, 0.2) is 11.5 Å². The lowest BCUT2D eigenvalue weighted by atomic mass is 9.97. The molecule has 0 spiro atoms. The summed E-state index contributed by atoms with van der Waals surface area (Å²) in [6.45, 7) is 2.11. The molecule has 0 radical (unpaired) electrons. The SMILES string of the molecule is CC(N)c1cc2cccc(-c3ccc4c(c3)OCO4)c2c(=O)n1-c1ccccc1. The maximum Gasteiger partial charge on any atom is 0.263 e. The summed E-state index contributed by atoms with van der Waals surface area (Å²) in [5.74, 6) is 1.41. The lowest BCUT2D eigenvalue weighted by Crippen LogP contribution is -2.26.